The maximum Gasteiger partial charge on any atom is 0.264 e. The van der Waals surface area contributed by atoms with Gasteiger partial charge in [-0.2, -0.15) is 0 Å². The molecule has 29 heavy (non-hydrogen) atoms. The van der Waals surface area contributed by atoms with Crippen LogP contribution >= 0.6 is 11.3 Å². The zero-order chi connectivity index (χ0) is 20.1. The normalized spacial score (nSPS) is 12.9. The second-order valence-electron chi connectivity index (χ2n) is 6.97. The average Bonchev–Trinajstić information content (AvgIpc) is 3.21. The fourth-order valence-electron chi connectivity index (χ4n) is 3.46. The van der Waals surface area contributed by atoms with Crippen LogP contribution in [0.15, 0.2) is 47.8 Å². The van der Waals surface area contributed by atoms with Gasteiger partial charge in [0.1, 0.15) is 11.5 Å². The molecule has 3 aromatic rings. The maximum atomic E-state index is 12.2. The summed E-state index contributed by atoms with van der Waals surface area (Å²) in [5, 5.41) is 5.38. The van der Waals surface area contributed by atoms with Gasteiger partial charge in [-0.15, -0.1) is 11.3 Å². The topological polar surface area (TPSA) is 60.5 Å². The number of amides is 1. The number of nitrogens with one attached hydrogen (secondary N) is 1. The molecule has 0 spiro atoms. The van der Waals surface area contributed by atoms with Gasteiger partial charge < -0.3 is 9.47 Å². The Kier molecular flexibility index (Phi) is 6.10. The van der Waals surface area contributed by atoms with Gasteiger partial charge in [-0.05, 0) is 74.1 Å². The van der Waals surface area contributed by atoms with Crippen molar-refractivity contribution >= 4 is 22.4 Å². The highest BCUT2D eigenvalue weighted by Gasteiger charge is 2.13. The molecule has 0 aliphatic heterocycles. The third-order valence-corrected chi connectivity index (χ3v) is 5.66. The smallest absolute Gasteiger partial charge is 0.264 e. The van der Waals surface area contributed by atoms with Crippen molar-refractivity contribution in [3.63, 3.8) is 0 Å². The lowest BCUT2D eigenvalue weighted by atomic mass is 9.90. The molecule has 0 radical (unpaired) electrons. The summed E-state index contributed by atoms with van der Waals surface area (Å²) in [6.07, 6.45) is 4.84. The van der Waals surface area contributed by atoms with Gasteiger partial charge in [-0.3, -0.25) is 10.1 Å². The van der Waals surface area contributed by atoms with Crippen LogP contribution in [0, 0.1) is 0 Å². The monoisotopic (exact) mass is 408 g/mol. The van der Waals surface area contributed by atoms with Crippen LogP contribution in [-0.2, 0) is 17.6 Å². The summed E-state index contributed by atoms with van der Waals surface area (Å²) >= 11 is 1.42. The predicted molar refractivity (Wildman–Crippen MR) is 116 cm³/mol. The van der Waals surface area contributed by atoms with Gasteiger partial charge in [0.2, 0.25) is 0 Å². The van der Waals surface area contributed by atoms with Crippen molar-refractivity contribution < 1.29 is 14.3 Å². The van der Waals surface area contributed by atoms with E-state index < -0.39 is 0 Å². The van der Waals surface area contributed by atoms with E-state index in [0.29, 0.717) is 17.5 Å². The Labute approximate surface area is 174 Å². The quantitative estimate of drug-likeness (QED) is 0.590. The third kappa shape index (κ3) is 4.95. The van der Waals surface area contributed by atoms with E-state index >= 15 is 0 Å². The van der Waals surface area contributed by atoms with E-state index in [1.54, 1.807) is 12.1 Å². The van der Waals surface area contributed by atoms with Gasteiger partial charge in [-0.25, -0.2) is 4.98 Å². The maximum absolute atomic E-state index is 12.2. The highest BCUT2D eigenvalue weighted by Crippen LogP contribution is 2.29. The van der Waals surface area contributed by atoms with Crippen LogP contribution in [0.2, 0.25) is 0 Å². The zero-order valence-corrected chi connectivity index (χ0v) is 17.3. The Balaban J connectivity index is 1.33. The van der Waals surface area contributed by atoms with Crippen molar-refractivity contribution in [2.45, 2.75) is 32.6 Å². The molecule has 0 atom stereocenters. The Morgan fingerprint density at radius 1 is 1.03 bits per heavy atom. The number of carbonyl (C=O) groups excluding carboxylic acids is 1. The summed E-state index contributed by atoms with van der Waals surface area (Å²) < 4.78 is 10.9. The number of hydrogen-bond acceptors (Lipinski definition) is 5. The molecule has 1 heterocycles. The second kappa shape index (κ2) is 9.09. The SMILES string of the molecule is CCOc1ccc(OCC(=O)Nc2nc(-c3ccc4c(c3)CCCC4)cs2)cc1. The van der Waals surface area contributed by atoms with E-state index in [-0.39, 0.29) is 12.5 Å². The Morgan fingerprint density at radius 2 is 1.76 bits per heavy atom. The summed E-state index contributed by atoms with van der Waals surface area (Å²) in [4.78, 5) is 16.8. The average molecular weight is 409 g/mol. The molecule has 5 nitrogen and oxygen atoms in total. The third-order valence-electron chi connectivity index (χ3n) is 4.90. The standard InChI is InChI=1S/C23H24N2O3S/c1-2-27-19-9-11-20(12-10-19)28-14-22(26)25-23-24-21(15-29-23)18-8-7-16-5-3-4-6-17(16)13-18/h7-13,15H,2-6,14H2,1H3,(H,24,25,26). The van der Waals surface area contributed by atoms with Crippen molar-refractivity contribution in [2.75, 3.05) is 18.5 Å². The molecule has 1 aliphatic rings. The number of rotatable bonds is 7. The molecule has 0 saturated heterocycles. The van der Waals surface area contributed by atoms with Crippen LogP contribution in [0.3, 0.4) is 0 Å². The number of aromatic nitrogens is 1. The number of thiazole rings is 1. The lowest BCUT2D eigenvalue weighted by molar-refractivity contribution is -0.118. The molecule has 0 bridgehead atoms. The van der Waals surface area contributed by atoms with Crippen LogP contribution in [0.25, 0.3) is 11.3 Å². The van der Waals surface area contributed by atoms with Crippen molar-refractivity contribution in [1.29, 1.82) is 0 Å². The Morgan fingerprint density at radius 3 is 2.52 bits per heavy atom. The first-order valence-electron chi connectivity index (χ1n) is 9.94. The zero-order valence-electron chi connectivity index (χ0n) is 16.4. The summed E-state index contributed by atoms with van der Waals surface area (Å²) in [5.74, 6) is 1.17. The summed E-state index contributed by atoms with van der Waals surface area (Å²) in [7, 11) is 0. The Hall–Kier alpha value is -2.86. The molecular weight excluding hydrogens is 384 g/mol. The van der Waals surface area contributed by atoms with Gasteiger partial charge in [0, 0.05) is 10.9 Å². The first-order valence-corrected chi connectivity index (χ1v) is 10.8. The van der Waals surface area contributed by atoms with Crippen LogP contribution in [0.4, 0.5) is 5.13 Å². The molecule has 1 amide bonds. The van der Waals surface area contributed by atoms with Crippen LogP contribution in [0.1, 0.15) is 30.9 Å². The minimum Gasteiger partial charge on any atom is -0.494 e. The Bertz CT molecular complexity index is 982. The van der Waals surface area contributed by atoms with Crippen molar-refractivity contribution in [3.05, 3.63) is 59.0 Å². The van der Waals surface area contributed by atoms with Gasteiger partial charge in [0.15, 0.2) is 11.7 Å². The fourth-order valence-corrected chi connectivity index (χ4v) is 4.20. The van der Waals surface area contributed by atoms with E-state index in [1.807, 2.05) is 24.4 Å². The number of ether oxygens (including phenoxy) is 2. The minimum absolute atomic E-state index is 0.0677. The molecule has 1 N–H and O–H groups in total. The highest BCUT2D eigenvalue weighted by atomic mass is 32.1. The molecule has 6 heteroatoms. The van der Waals surface area contributed by atoms with Gasteiger partial charge in [-0.1, -0.05) is 12.1 Å². The lowest BCUT2D eigenvalue weighted by Crippen LogP contribution is -2.20. The second-order valence-corrected chi connectivity index (χ2v) is 7.83. The molecule has 150 valence electrons. The lowest BCUT2D eigenvalue weighted by Gasteiger charge is -2.16. The predicted octanol–water partition coefficient (Wildman–Crippen LogP) is 5.11. The molecule has 2 aromatic carbocycles. The largest absolute Gasteiger partial charge is 0.494 e. The molecule has 0 saturated carbocycles. The van der Waals surface area contributed by atoms with Crippen LogP contribution < -0.4 is 14.8 Å². The van der Waals surface area contributed by atoms with E-state index in [1.165, 1.54) is 41.7 Å². The van der Waals surface area contributed by atoms with E-state index in [0.717, 1.165) is 23.4 Å². The van der Waals surface area contributed by atoms with Crippen LogP contribution in [-0.4, -0.2) is 24.1 Å². The summed E-state index contributed by atoms with van der Waals surface area (Å²) in [6.45, 7) is 2.48. The highest BCUT2D eigenvalue weighted by molar-refractivity contribution is 7.14. The molecular formula is C23H24N2O3S. The molecule has 0 fully saturated rings. The van der Waals surface area contributed by atoms with Gasteiger partial charge in [0.05, 0.1) is 12.3 Å². The minimum atomic E-state index is -0.231. The van der Waals surface area contributed by atoms with E-state index in [4.69, 9.17) is 9.47 Å². The number of anilines is 1. The van der Waals surface area contributed by atoms with E-state index in [2.05, 4.69) is 28.5 Å². The van der Waals surface area contributed by atoms with Gasteiger partial charge in [0.25, 0.3) is 5.91 Å². The number of benzene rings is 2. The first kappa shape index (κ1) is 19.5. The molecule has 1 aromatic heterocycles. The van der Waals surface area contributed by atoms with Crippen molar-refractivity contribution in [2.24, 2.45) is 0 Å². The molecule has 1 aliphatic carbocycles. The number of fused-ring (bicyclic) bond motifs is 1. The van der Waals surface area contributed by atoms with Crippen molar-refractivity contribution in [3.8, 4) is 22.8 Å². The first-order chi connectivity index (χ1) is 14.2. The van der Waals surface area contributed by atoms with Crippen LogP contribution in [0.5, 0.6) is 11.5 Å². The number of nitrogens with zero attached hydrogens (tertiary/aromatic N) is 1. The van der Waals surface area contributed by atoms with E-state index in [9.17, 15) is 4.79 Å². The molecule has 0 unspecified atom stereocenters. The number of aryl methyl sites for hydroxylation is 2. The number of carbonyl (C=O) groups is 1. The molecule has 4 rings (SSSR count). The number of hydrogen-bond donors (Lipinski definition) is 1. The van der Waals surface area contributed by atoms with Gasteiger partial charge >= 0.3 is 0 Å². The fraction of sp³-hybridized carbons (Fsp3) is 0.304. The summed E-state index contributed by atoms with van der Waals surface area (Å²) in [6, 6.07) is 13.8. The van der Waals surface area contributed by atoms with Crippen molar-refractivity contribution in [1.82, 2.24) is 4.98 Å². The summed E-state index contributed by atoms with van der Waals surface area (Å²) in [5.41, 5.74) is 4.88.